The second-order valence-corrected chi connectivity index (χ2v) is 4.28. The van der Waals surface area contributed by atoms with Gasteiger partial charge in [-0.1, -0.05) is 0 Å². The SMILES string of the molecule is Cc1ccnc(NCCc2nc(-c3ccco3)n[nH]2)n1. The van der Waals surface area contributed by atoms with Crippen molar-refractivity contribution < 1.29 is 4.42 Å². The molecule has 0 atom stereocenters. The topological polar surface area (TPSA) is 92.5 Å². The minimum absolute atomic E-state index is 0.566. The monoisotopic (exact) mass is 270 g/mol. The molecule has 3 aromatic heterocycles. The number of hydrogen-bond donors (Lipinski definition) is 2. The van der Waals surface area contributed by atoms with Crippen LogP contribution < -0.4 is 5.32 Å². The summed E-state index contributed by atoms with van der Waals surface area (Å²) in [4.78, 5) is 12.8. The molecule has 0 saturated heterocycles. The maximum absolute atomic E-state index is 5.24. The van der Waals surface area contributed by atoms with Gasteiger partial charge < -0.3 is 9.73 Å². The van der Waals surface area contributed by atoms with Crippen molar-refractivity contribution in [2.24, 2.45) is 0 Å². The number of hydrogen-bond acceptors (Lipinski definition) is 6. The van der Waals surface area contributed by atoms with Gasteiger partial charge in [-0.3, -0.25) is 5.10 Å². The van der Waals surface area contributed by atoms with Crippen LogP contribution in [0.25, 0.3) is 11.6 Å². The lowest BCUT2D eigenvalue weighted by Crippen LogP contribution is -2.09. The van der Waals surface area contributed by atoms with E-state index in [1.807, 2.05) is 25.1 Å². The summed E-state index contributed by atoms with van der Waals surface area (Å²) in [5, 5.41) is 10.1. The van der Waals surface area contributed by atoms with Crippen molar-refractivity contribution in [3.63, 3.8) is 0 Å². The zero-order valence-electron chi connectivity index (χ0n) is 11.0. The van der Waals surface area contributed by atoms with Crippen molar-refractivity contribution in [1.82, 2.24) is 25.1 Å². The first-order valence-electron chi connectivity index (χ1n) is 6.30. The second kappa shape index (κ2) is 5.52. The number of rotatable bonds is 5. The molecular weight excluding hydrogens is 256 g/mol. The maximum atomic E-state index is 5.24. The summed E-state index contributed by atoms with van der Waals surface area (Å²) >= 11 is 0. The molecule has 0 spiro atoms. The Morgan fingerprint density at radius 2 is 2.25 bits per heavy atom. The van der Waals surface area contributed by atoms with Crippen LogP contribution in [0.5, 0.6) is 0 Å². The maximum Gasteiger partial charge on any atom is 0.222 e. The number of anilines is 1. The van der Waals surface area contributed by atoms with E-state index in [-0.39, 0.29) is 0 Å². The lowest BCUT2D eigenvalue weighted by Gasteiger charge is -2.02. The smallest absolute Gasteiger partial charge is 0.222 e. The first kappa shape index (κ1) is 12.3. The minimum atomic E-state index is 0.566. The molecule has 0 aliphatic heterocycles. The van der Waals surface area contributed by atoms with E-state index in [1.165, 1.54) is 0 Å². The van der Waals surface area contributed by atoms with Crippen molar-refractivity contribution in [3.05, 3.63) is 42.2 Å². The molecular formula is C13H14N6O. The first-order chi connectivity index (χ1) is 9.81. The molecule has 2 N–H and O–H groups in total. The zero-order valence-corrected chi connectivity index (χ0v) is 11.0. The molecule has 102 valence electrons. The number of nitrogens with zero attached hydrogens (tertiary/aromatic N) is 4. The van der Waals surface area contributed by atoms with E-state index in [0.29, 0.717) is 30.5 Å². The average molecular weight is 270 g/mol. The van der Waals surface area contributed by atoms with Gasteiger partial charge in [0.25, 0.3) is 0 Å². The average Bonchev–Trinajstić information content (AvgIpc) is 3.09. The predicted molar refractivity (Wildman–Crippen MR) is 73.0 cm³/mol. The Morgan fingerprint density at radius 3 is 3.05 bits per heavy atom. The normalized spacial score (nSPS) is 10.7. The number of aryl methyl sites for hydroxylation is 1. The van der Waals surface area contributed by atoms with E-state index in [9.17, 15) is 0 Å². The Balaban J connectivity index is 1.57. The molecule has 7 nitrogen and oxygen atoms in total. The Labute approximate surface area is 115 Å². The van der Waals surface area contributed by atoms with Crippen LogP contribution in [0.3, 0.4) is 0 Å². The molecule has 0 unspecified atom stereocenters. The van der Waals surface area contributed by atoms with Crippen LogP contribution in [0.2, 0.25) is 0 Å². The van der Waals surface area contributed by atoms with Crippen molar-refractivity contribution >= 4 is 5.95 Å². The van der Waals surface area contributed by atoms with E-state index in [1.54, 1.807) is 12.5 Å². The number of aromatic nitrogens is 5. The number of furan rings is 1. The van der Waals surface area contributed by atoms with E-state index in [4.69, 9.17) is 4.42 Å². The molecule has 3 rings (SSSR count). The van der Waals surface area contributed by atoms with Gasteiger partial charge in [0.05, 0.1) is 6.26 Å². The predicted octanol–water partition coefficient (Wildman–Crippen LogP) is 1.82. The second-order valence-electron chi connectivity index (χ2n) is 4.28. The van der Waals surface area contributed by atoms with E-state index < -0.39 is 0 Å². The molecule has 0 aromatic carbocycles. The van der Waals surface area contributed by atoms with Crippen molar-refractivity contribution in [2.45, 2.75) is 13.3 Å². The van der Waals surface area contributed by atoms with Gasteiger partial charge in [0.15, 0.2) is 5.76 Å². The summed E-state index contributed by atoms with van der Waals surface area (Å²) in [6, 6.07) is 5.49. The molecule has 0 amide bonds. The van der Waals surface area contributed by atoms with Crippen LogP contribution in [0, 0.1) is 6.92 Å². The van der Waals surface area contributed by atoms with Crippen LogP contribution in [0.4, 0.5) is 5.95 Å². The molecule has 20 heavy (non-hydrogen) atoms. The first-order valence-corrected chi connectivity index (χ1v) is 6.30. The largest absolute Gasteiger partial charge is 0.461 e. The van der Waals surface area contributed by atoms with E-state index in [0.717, 1.165) is 11.5 Å². The Bertz CT molecular complexity index is 676. The molecule has 0 saturated carbocycles. The Hall–Kier alpha value is -2.70. The molecule has 3 heterocycles. The highest BCUT2D eigenvalue weighted by molar-refractivity contribution is 5.45. The van der Waals surface area contributed by atoms with Gasteiger partial charge in [-0.15, -0.1) is 0 Å². The Morgan fingerprint density at radius 1 is 1.30 bits per heavy atom. The van der Waals surface area contributed by atoms with Crippen molar-refractivity contribution in [1.29, 1.82) is 0 Å². The highest BCUT2D eigenvalue weighted by atomic mass is 16.3. The molecule has 0 aliphatic carbocycles. The van der Waals surface area contributed by atoms with Gasteiger partial charge in [0.2, 0.25) is 11.8 Å². The fraction of sp³-hybridized carbons (Fsp3) is 0.231. The van der Waals surface area contributed by atoms with Crippen LogP contribution in [0.15, 0.2) is 35.1 Å². The number of nitrogens with one attached hydrogen (secondary N) is 2. The van der Waals surface area contributed by atoms with Crippen LogP contribution >= 0.6 is 0 Å². The zero-order chi connectivity index (χ0) is 13.8. The van der Waals surface area contributed by atoms with Gasteiger partial charge in [-0.05, 0) is 25.1 Å². The third-order valence-electron chi connectivity index (χ3n) is 2.71. The third-order valence-corrected chi connectivity index (χ3v) is 2.71. The van der Waals surface area contributed by atoms with E-state index >= 15 is 0 Å². The fourth-order valence-electron chi connectivity index (χ4n) is 1.75. The summed E-state index contributed by atoms with van der Waals surface area (Å²) < 4.78 is 5.24. The Kier molecular flexibility index (Phi) is 3.40. The van der Waals surface area contributed by atoms with Crippen molar-refractivity contribution in [3.8, 4) is 11.6 Å². The quantitative estimate of drug-likeness (QED) is 0.734. The van der Waals surface area contributed by atoms with E-state index in [2.05, 4.69) is 30.5 Å². The number of H-pyrrole nitrogens is 1. The van der Waals surface area contributed by atoms with Gasteiger partial charge in [-0.25, -0.2) is 15.0 Å². The summed E-state index contributed by atoms with van der Waals surface area (Å²) in [5.41, 5.74) is 0.933. The summed E-state index contributed by atoms with van der Waals surface area (Å²) in [6.45, 7) is 2.61. The lowest BCUT2D eigenvalue weighted by molar-refractivity contribution is 0.577. The molecule has 3 aromatic rings. The van der Waals surface area contributed by atoms with Crippen LogP contribution in [0.1, 0.15) is 11.5 Å². The highest BCUT2D eigenvalue weighted by Crippen LogP contribution is 2.14. The molecule has 0 radical (unpaired) electrons. The van der Waals surface area contributed by atoms with Crippen LogP contribution in [-0.4, -0.2) is 31.7 Å². The van der Waals surface area contributed by atoms with Gasteiger partial charge in [0, 0.05) is 24.9 Å². The lowest BCUT2D eigenvalue weighted by atomic mass is 10.4. The van der Waals surface area contributed by atoms with Gasteiger partial charge in [-0.2, -0.15) is 5.10 Å². The summed E-state index contributed by atoms with van der Waals surface area (Å²) in [6.07, 6.45) is 4.03. The molecule has 0 fully saturated rings. The van der Waals surface area contributed by atoms with Crippen molar-refractivity contribution in [2.75, 3.05) is 11.9 Å². The van der Waals surface area contributed by atoms with Gasteiger partial charge in [0.1, 0.15) is 5.82 Å². The minimum Gasteiger partial charge on any atom is -0.461 e. The summed E-state index contributed by atoms with van der Waals surface area (Å²) in [7, 11) is 0. The molecule has 0 aliphatic rings. The fourth-order valence-corrected chi connectivity index (χ4v) is 1.75. The highest BCUT2D eigenvalue weighted by Gasteiger charge is 2.07. The standard InChI is InChI=1S/C13H14N6O/c1-9-4-6-14-13(16-9)15-7-5-11-17-12(19-18-11)10-3-2-8-20-10/h2-4,6,8H,5,7H2,1H3,(H,14,15,16)(H,17,18,19). The summed E-state index contributed by atoms with van der Waals surface area (Å²) in [5.74, 6) is 2.63. The molecule has 7 heteroatoms. The number of aromatic amines is 1. The van der Waals surface area contributed by atoms with Gasteiger partial charge >= 0.3 is 0 Å². The molecule has 0 bridgehead atoms. The van der Waals surface area contributed by atoms with Crippen LogP contribution in [-0.2, 0) is 6.42 Å². The third kappa shape index (κ3) is 2.82.